The number of carbonyl (C=O) groups excluding carboxylic acids is 1. The van der Waals surface area contributed by atoms with Crippen LogP contribution >= 0.6 is 0 Å². The third-order valence-corrected chi connectivity index (χ3v) is 5.18. The van der Waals surface area contributed by atoms with Gasteiger partial charge in [0, 0.05) is 42.9 Å². The van der Waals surface area contributed by atoms with E-state index in [1.54, 1.807) is 0 Å². The molecular weight excluding hydrogens is 414 g/mol. The average molecular weight is 441 g/mol. The Kier molecular flexibility index (Phi) is 8.09. The van der Waals surface area contributed by atoms with Crippen LogP contribution in [0.25, 0.3) is 11.1 Å². The number of hydrogen-bond acceptors (Lipinski definition) is 7. The van der Waals surface area contributed by atoms with Crippen LogP contribution in [-0.4, -0.2) is 50.6 Å². The lowest BCUT2D eigenvalue weighted by Crippen LogP contribution is -2.25. The minimum atomic E-state index is -0.250. The Morgan fingerprint density at radius 2 is 2.09 bits per heavy atom. The maximum absolute atomic E-state index is 12.4. The monoisotopic (exact) mass is 441 g/mol. The second kappa shape index (κ2) is 11.2. The predicted octanol–water partition coefficient (Wildman–Crippen LogP) is 2.79. The van der Waals surface area contributed by atoms with Gasteiger partial charge in [-0.05, 0) is 44.4 Å². The SMILES string of the molecule is CCn1ncc(-c2ccc(C(=O)NCCc3noc(C4CCCO4)n3)cc2)c1C.O=CO. The minimum Gasteiger partial charge on any atom is -0.483 e. The first-order valence-corrected chi connectivity index (χ1v) is 10.5. The quantitative estimate of drug-likeness (QED) is 0.535. The number of hydrogen-bond donors (Lipinski definition) is 2. The van der Waals surface area contributed by atoms with Crippen LogP contribution < -0.4 is 5.32 Å². The zero-order valence-electron chi connectivity index (χ0n) is 18.2. The summed E-state index contributed by atoms with van der Waals surface area (Å²) in [6, 6.07) is 7.56. The fraction of sp³-hybridized carbons (Fsp3) is 0.409. The molecule has 2 aromatic heterocycles. The van der Waals surface area contributed by atoms with Gasteiger partial charge in [0.05, 0.1) is 6.20 Å². The first-order valence-electron chi connectivity index (χ1n) is 10.5. The topological polar surface area (TPSA) is 132 Å². The molecule has 1 aliphatic rings. The van der Waals surface area contributed by atoms with E-state index in [1.165, 1.54) is 0 Å². The molecule has 0 spiro atoms. The van der Waals surface area contributed by atoms with E-state index in [0.717, 1.165) is 42.8 Å². The van der Waals surface area contributed by atoms with Crippen molar-refractivity contribution in [3.8, 4) is 11.1 Å². The summed E-state index contributed by atoms with van der Waals surface area (Å²) in [4.78, 5) is 25.1. The molecule has 1 aromatic carbocycles. The summed E-state index contributed by atoms with van der Waals surface area (Å²) in [7, 11) is 0. The van der Waals surface area contributed by atoms with E-state index in [0.29, 0.717) is 30.2 Å². The van der Waals surface area contributed by atoms with E-state index in [-0.39, 0.29) is 18.5 Å². The van der Waals surface area contributed by atoms with Gasteiger partial charge in [-0.3, -0.25) is 14.3 Å². The Morgan fingerprint density at radius 3 is 2.72 bits per heavy atom. The highest BCUT2D eigenvalue weighted by atomic mass is 16.5. The van der Waals surface area contributed by atoms with Gasteiger partial charge >= 0.3 is 0 Å². The third kappa shape index (κ3) is 5.58. The van der Waals surface area contributed by atoms with Crippen LogP contribution in [0.1, 0.15) is 53.6 Å². The molecule has 10 heteroatoms. The van der Waals surface area contributed by atoms with Crippen LogP contribution in [0.3, 0.4) is 0 Å². The van der Waals surface area contributed by atoms with Gasteiger partial charge < -0.3 is 19.7 Å². The average Bonchev–Trinajstić information content (AvgIpc) is 3.55. The highest BCUT2D eigenvalue weighted by molar-refractivity contribution is 5.94. The first-order chi connectivity index (χ1) is 15.6. The molecule has 4 rings (SSSR count). The minimum absolute atomic E-state index is 0.0857. The molecule has 1 saturated heterocycles. The lowest BCUT2D eigenvalue weighted by atomic mass is 10.0. The molecule has 170 valence electrons. The van der Waals surface area contributed by atoms with Crippen molar-refractivity contribution in [2.24, 2.45) is 0 Å². The third-order valence-electron chi connectivity index (χ3n) is 5.18. The van der Waals surface area contributed by atoms with E-state index < -0.39 is 0 Å². The number of benzene rings is 1. The molecule has 2 N–H and O–H groups in total. The molecule has 3 aromatic rings. The van der Waals surface area contributed by atoms with Crippen molar-refractivity contribution in [2.45, 2.75) is 45.8 Å². The maximum Gasteiger partial charge on any atom is 0.290 e. The normalized spacial score (nSPS) is 15.1. The fourth-order valence-corrected chi connectivity index (χ4v) is 3.51. The molecule has 0 bridgehead atoms. The number of nitrogens with zero attached hydrogens (tertiary/aromatic N) is 4. The first kappa shape index (κ1) is 23.1. The van der Waals surface area contributed by atoms with Gasteiger partial charge in [0.15, 0.2) is 5.82 Å². The van der Waals surface area contributed by atoms with Crippen LogP contribution in [0.15, 0.2) is 35.0 Å². The van der Waals surface area contributed by atoms with Crippen molar-refractivity contribution < 1.29 is 24.0 Å². The molecule has 3 heterocycles. The number of carbonyl (C=O) groups is 2. The Labute approximate surface area is 185 Å². The summed E-state index contributed by atoms with van der Waals surface area (Å²) in [5, 5.41) is 18.1. The molecule has 0 radical (unpaired) electrons. The Hall–Kier alpha value is -3.53. The van der Waals surface area contributed by atoms with Crippen molar-refractivity contribution >= 4 is 12.4 Å². The number of carboxylic acid groups (broad SMARTS) is 1. The molecular formula is C22H27N5O5. The largest absolute Gasteiger partial charge is 0.483 e. The van der Waals surface area contributed by atoms with Gasteiger partial charge in [0.25, 0.3) is 18.3 Å². The number of aryl methyl sites for hydroxylation is 1. The van der Waals surface area contributed by atoms with Crippen LogP contribution in [0.4, 0.5) is 0 Å². The van der Waals surface area contributed by atoms with Gasteiger partial charge in [-0.2, -0.15) is 10.1 Å². The molecule has 0 saturated carbocycles. The van der Waals surface area contributed by atoms with Crippen molar-refractivity contribution in [1.29, 1.82) is 0 Å². The lowest BCUT2D eigenvalue weighted by molar-refractivity contribution is -0.122. The smallest absolute Gasteiger partial charge is 0.290 e. The van der Waals surface area contributed by atoms with Gasteiger partial charge in [-0.25, -0.2) is 0 Å². The van der Waals surface area contributed by atoms with Gasteiger partial charge in [-0.1, -0.05) is 17.3 Å². The summed E-state index contributed by atoms with van der Waals surface area (Å²) in [6.07, 6.45) is 4.21. The van der Waals surface area contributed by atoms with Gasteiger partial charge in [0.1, 0.15) is 6.10 Å². The Bertz CT molecular complexity index is 1020. The molecule has 10 nitrogen and oxygen atoms in total. The lowest BCUT2D eigenvalue weighted by Gasteiger charge is -2.06. The number of aromatic nitrogens is 4. The predicted molar refractivity (Wildman–Crippen MR) is 115 cm³/mol. The second-order valence-electron chi connectivity index (χ2n) is 7.20. The van der Waals surface area contributed by atoms with Gasteiger partial charge in [0.2, 0.25) is 0 Å². The van der Waals surface area contributed by atoms with Crippen LogP contribution in [0, 0.1) is 6.92 Å². The number of rotatable bonds is 7. The molecule has 32 heavy (non-hydrogen) atoms. The summed E-state index contributed by atoms with van der Waals surface area (Å²) < 4.78 is 12.8. The molecule has 0 aliphatic carbocycles. The Morgan fingerprint density at radius 1 is 1.34 bits per heavy atom. The summed E-state index contributed by atoms with van der Waals surface area (Å²) in [5.74, 6) is 0.982. The zero-order valence-corrected chi connectivity index (χ0v) is 18.2. The number of ether oxygens (including phenoxy) is 1. The van der Waals surface area contributed by atoms with Crippen LogP contribution in [0.2, 0.25) is 0 Å². The molecule has 1 unspecified atom stereocenters. The van der Waals surface area contributed by atoms with Crippen molar-refractivity contribution in [3.05, 3.63) is 53.4 Å². The van der Waals surface area contributed by atoms with E-state index >= 15 is 0 Å². The number of amides is 1. The number of nitrogens with one attached hydrogen (secondary N) is 1. The van der Waals surface area contributed by atoms with Crippen LogP contribution in [0.5, 0.6) is 0 Å². The highest BCUT2D eigenvalue weighted by Gasteiger charge is 2.23. The molecule has 1 amide bonds. The van der Waals surface area contributed by atoms with E-state index in [9.17, 15) is 4.79 Å². The van der Waals surface area contributed by atoms with E-state index in [2.05, 4.69) is 34.4 Å². The summed E-state index contributed by atoms with van der Waals surface area (Å²) >= 11 is 0. The standard InChI is InChI=1S/C21H25N5O3.CH2O2/c1-3-26-14(2)17(13-23-26)15-6-8-16(9-7-15)20(27)22-11-10-19-24-21(29-25-19)18-5-4-12-28-18;2-1-3/h6-9,13,18H,3-5,10-12H2,1-2H3,(H,22,27);1H,(H,2,3). The summed E-state index contributed by atoms with van der Waals surface area (Å²) in [5.41, 5.74) is 3.86. The summed E-state index contributed by atoms with van der Waals surface area (Å²) in [6.45, 7) is 5.87. The Balaban J connectivity index is 0.000000913. The fourth-order valence-electron chi connectivity index (χ4n) is 3.51. The van der Waals surface area contributed by atoms with Crippen LogP contribution in [-0.2, 0) is 22.5 Å². The highest BCUT2D eigenvalue weighted by Crippen LogP contribution is 2.27. The van der Waals surface area contributed by atoms with Gasteiger partial charge in [-0.15, -0.1) is 0 Å². The zero-order chi connectivity index (χ0) is 22.9. The van der Waals surface area contributed by atoms with Crippen molar-refractivity contribution in [3.63, 3.8) is 0 Å². The molecule has 1 atom stereocenters. The second-order valence-corrected chi connectivity index (χ2v) is 7.20. The van der Waals surface area contributed by atoms with E-state index in [4.69, 9.17) is 19.2 Å². The maximum atomic E-state index is 12.4. The molecule has 1 fully saturated rings. The molecule has 1 aliphatic heterocycles. The van der Waals surface area contributed by atoms with Crippen molar-refractivity contribution in [1.82, 2.24) is 25.2 Å². The van der Waals surface area contributed by atoms with Crippen molar-refractivity contribution in [2.75, 3.05) is 13.2 Å². The van der Waals surface area contributed by atoms with E-state index in [1.807, 2.05) is 35.1 Å².